The first-order valence-electron chi connectivity index (χ1n) is 7.13. The van der Waals surface area contributed by atoms with Crippen molar-refractivity contribution in [1.29, 1.82) is 0 Å². The SMILES string of the molecule is Cc1ccc(C)c(NC(=O)[C@H]2Nc3ccccc3S(=O)(=O)N2)c1. The van der Waals surface area contributed by atoms with Crippen molar-refractivity contribution in [2.45, 2.75) is 24.9 Å². The summed E-state index contributed by atoms with van der Waals surface area (Å²) in [6.45, 7) is 3.80. The van der Waals surface area contributed by atoms with Gasteiger partial charge in [0.25, 0.3) is 5.91 Å². The Kier molecular flexibility index (Phi) is 3.83. The maximum Gasteiger partial charge on any atom is 0.262 e. The lowest BCUT2D eigenvalue weighted by Crippen LogP contribution is -2.51. The van der Waals surface area contributed by atoms with E-state index in [1.807, 2.05) is 32.0 Å². The molecule has 1 aliphatic heterocycles. The second kappa shape index (κ2) is 5.68. The Labute approximate surface area is 135 Å². The smallest absolute Gasteiger partial charge is 0.262 e. The molecule has 6 nitrogen and oxygen atoms in total. The summed E-state index contributed by atoms with van der Waals surface area (Å²) in [6, 6.07) is 12.2. The van der Waals surface area contributed by atoms with Crippen molar-refractivity contribution in [3.05, 3.63) is 53.6 Å². The lowest BCUT2D eigenvalue weighted by Gasteiger charge is -2.27. The van der Waals surface area contributed by atoms with Gasteiger partial charge in [-0.25, -0.2) is 8.42 Å². The molecule has 0 aromatic heterocycles. The van der Waals surface area contributed by atoms with Gasteiger partial charge in [0, 0.05) is 5.69 Å². The number of carbonyl (C=O) groups excluding carboxylic acids is 1. The van der Waals surface area contributed by atoms with E-state index in [1.54, 1.807) is 18.2 Å². The molecule has 1 aliphatic rings. The highest BCUT2D eigenvalue weighted by Gasteiger charge is 2.32. The number of amides is 1. The minimum Gasteiger partial charge on any atom is -0.360 e. The van der Waals surface area contributed by atoms with Crippen molar-refractivity contribution in [2.24, 2.45) is 0 Å². The highest BCUT2D eigenvalue weighted by molar-refractivity contribution is 7.89. The number of carbonyl (C=O) groups is 1. The van der Waals surface area contributed by atoms with Gasteiger partial charge in [-0.2, -0.15) is 4.72 Å². The minimum absolute atomic E-state index is 0.135. The van der Waals surface area contributed by atoms with Crippen molar-refractivity contribution < 1.29 is 13.2 Å². The summed E-state index contributed by atoms with van der Waals surface area (Å²) in [5, 5.41) is 5.67. The fraction of sp³-hybridized carbons (Fsp3) is 0.188. The van der Waals surface area contributed by atoms with Crippen molar-refractivity contribution in [2.75, 3.05) is 10.6 Å². The van der Waals surface area contributed by atoms with Crippen LogP contribution in [0.15, 0.2) is 47.4 Å². The molecule has 1 heterocycles. The van der Waals surface area contributed by atoms with Gasteiger partial charge in [-0.1, -0.05) is 24.3 Å². The summed E-state index contributed by atoms with van der Waals surface area (Å²) in [5.41, 5.74) is 2.98. The van der Waals surface area contributed by atoms with Gasteiger partial charge in [-0.3, -0.25) is 4.79 Å². The molecule has 0 saturated heterocycles. The zero-order chi connectivity index (χ0) is 16.6. The van der Waals surface area contributed by atoms with E-state index in [4.69, 9.17) is 0 Å². The van der Waals surface area contributed by atoms with Gasteiger partial charge in [-0.05, 0) is 43.2 Å². The summed E-state index contributed by atoms with van der Waals surface area (Å²) in [5.74, 6) is -0.461. The normalized spacial score (nSPS) is 18.6. The van der Waals surface area contributed by atoms with Crippen molar-refractivity contribution in [3.63, 3.8) is 0 Å². The van der Waals surface area contributed by atoms with Crippen molar-refractivity contribution in [1.82, 2.24) is 4.72 Å². The molecule has 0 unspecified atom stereocenters. The number of fused-ring (bicyclic) bond motifs is 1. The Morgan fingerprint density at radius 3 is 2.65 bits per heavy atom. The van der Waals surface area contributed by atoms with Crippen LogP contribution in [0.1, 0.15) is 11.1 Å². The van der Waals surface area contributed by atoms with Gasteiger partial charge >= 0.3 is 0 Å². The van der Waals surface area contributed by atoms with E-state index in [2.05, 4.69) is 15.4 Å². The summed E-state index contributed by atoms with van der Waals surface area (Å²) in [7, 11) is -3.72. The second-order valence-electron chi connectivity index (χ2n) is 5.50. The van der Waals surface area contributed by atoms with Crippen LogP contribution in [0.25, 0.3) is 0 Å². The fourth-order valence-corrected chi connectivity index (χ4v) is 3.70. The third kappa shape index (κ3) is 3.06. The highest BCUT2D eigenvalue weighted by Crippen LogP contribution is 2.26. The van der Waals surface area contributed by atoms with Gasteiger partial charge in [0.15, 0.2) is 6.17 Å². The van der Waals surface area contributed by atoms with E-state index in [0.717, 1.165) is 11.1 Å². The summed E-state index contributed by atoms with van der Waals surface area (Å²) >= 11 is 0. The van der Waals surface area contributed by atoms with Crippen LogP contribution in [0.5, 0.6) is 0 Å². The van der Waals surface area contributed by atoms with E-state index in [-0.39, 0.29) is 4.90 Å². The first-order valence-corrected chi connectivity index (χ1v) is 8.61. The molecule has 3 N–H and O–H groups in total. The van der Waals surface area contributed by atoms with Gasteiger partial charge in [0.05, 0.1) is 5.69 Å². The number of nitrogens with one attached hydrogen (secondary N) is 3. The minimum atomic E-state index is -3.72. The van der Waals surface area contributed by atoms with Crippen LogP contribution in [0.4, 0.5) is 11.4 Å². The van der Waals surface area contributed by atoms with Crippen LogP contribution in [0.3, 0.4) is 0 Å². The third-order valence-electron chi connectivity index (χ3n) is 3.66. The number of benzene rings is 2. The number of rotatable bonds is 2. The Morgan fingerprint density at radius 1 is 1.13 bits per heavy atom. The molecule has 120 valence electrons. The van der Waals surface area contributed by atoms with Gasteiger partial charge in [-0.15, -0.1) is 0 Å². The maximum atomic E-state index is 12.4. The molecule has 1 amide bonds. The first-order chi connectivity index (χ1) is 10.9. The highest BCUT2D eigenvalue weighted by atomic mass is 32.2. The summed E-state index contributed by atoms with van der Waals surface area (Å²) in [6.07, 6.45) is -1.06. The average molecular weight is 331 g/mol. The monoisotopic (exact) mass is 331 g/mol. The predicted molar refractivity (Wildman–Crippen MR) is 88.7 cm³/mol. The fourth-order valence-electron chi connectivity index (χ4n) is 2.42. The lowest BCUT2D eigenvalue weighted by atomic mass is 10.1. The van der Waals surface area contributed by atoms with Crippen LogP contribution in [0, 0.1) is 13.8 Å². The number of sulfonamides is 1. The zero-order valence-corrected chi connectivity index (χ0v) is 13.6. The Balaban J connectivity index is 1.86. The standard InChI is InChI=1S/C16H17N3O3S/c1-10-7-8-11(2)13(9-10)18-16(20)15-17-12-5-3-4-6-14(12)23(21,22)19-15/h3-9,15,17,19H,1-2H3,(H,18,20)/t15-/m0/s1. The first kappa shape index (κ1) is 15.5. The van der Waals surface area contributed by atoms with Crippen LogP contribution < -0.4 is 15.4 Å². The van der Waals surface area contributed by atoms with E-state index in [9.17, 15) is 13.2 Å². The van der Waals surface area contributed by atoms with E-state index >= 15 is 0 Å². The molecule has 1 atom stereocenters. The molecule has 3 rings (SSSR count). The number of aryl methyl sites for hydroxylation is 2. The Hall–Kier alpha value is -2.38. The number of hydrogen-bond donors (Lipinski definition) is 3. The summed E-state index contributed by atoms with van der Waals surface area (Å²) < 4.78 is 26.8. The van der Waals surface area contributed by atoms with Crippen LogP contribution in [-0.4, -0.2) is 20.5 Å². The maximum absolute atomic E-state index is 12.4. The molecule has 7 heteroatoms. The number of anilines is 2. The number of hydrogen-bond acceptors (Lipinski definition) is 4. The van der Waals surface area contributed by atoms with Crippen LogP contribution in [0.2, 0.25) is 0 Å². The van der Waals surface area contributed by atoms with Gasteiger partial charge in [0.2, 0.25) is 10.0 Å². The molecule has 0 radical (unpaired) electrons. The Morgan fingerprint density at radius 2 is 1.87 bits per heavy atom. The zero-order valence-electron chi connectivity index (χ0n) is 12.8. The molecule has 0 bridgehead atoms. The van der Waals surface area contributed by atoms with Gasteiger partial charge in [0.1, 0.15) is 4.90 Å². The molecule has 0 fully saturated rings. The van der Waals surface area contributed by atoms with Crippen LogP contribution >= 0.6 is 0 Å². The molecule has 0 aliphatic carbocycles. The van der Waals surface area contributed by atoms with E-state index < -0.39 is 22.1 Å². The lowest BCUT2D eigenvalue weighted by molar-refractivity contribution is -0.117. The largest absolute Gasteiger partial charge is 0.360 e. The van der Waals surface area contributed by atoms with Crippen LogP contribution in [-0.2, 0) is 14.8 Å². The van der Waals surface area contributed by atoms with Crippen molar-refractivity contribution >= 4 is 27.3 Å². The third-order valence-corrected chi connectivity index (χ3v) is 5.14. The molecule has 2 aromatic rings. The average Bonchev–Trinajstić information content (AvgIpc) is 2.50. The molecule has 23 heavy (non-hydrogen) atoms. The molecular weight excluding hydrogens is 314 g/mol. The van der Waals surface area contributed by atoms with E-state index in [1.165, 1.54) is 6.07 Å². The number of para-hydroxylation sites is 1. The molecule has 0 saturated carbocycles. The molecular formula is C16H17N3O3S. The van der Waals surface area contributed by atoms with E-state index in [0.29, 0.717) is 11.4 Å². The topological polar surface area (TPSA) is 87.3 Å². The quantitative estimate of drug-likeness (QED) is 0.785. The molecule has 0 spiro atoms. The van der Waals surface area contributed by atoms with Gasteiger partial charge < -0.3 is 10.6 Å². The van der Waals surface area contributed by atoms with Crippen molar-refractivity contribution in [3.8, 4) is 0 Å². The summed E-state index contributed by atoms with van der Waals surface area (Å²) in [4.78, 5) is 12.6. The molecule has 2 aromatic carbocycles. The predicted octanol–water partition coefficient (Wildman–Crippen LogP) is 1.97. The second-order valence-corrected chi connectivity index (χ2v) is 7.18. The Bertz CT molecular complexity index is 878.